The number of aromatic amines is 1. The second-order valence-electron chi connectivity index (χ2n) is 2.61. The molecule has 0 amide bonds. The maximum atomic E-state index is 13.3. The molecular weight excluding hydrogens is 209 g/mol. The summed E-state index contributed by atoms with van der Waals surface area (Å²) in [7, 11) is 0. The van der Waals surface area contributed by atoms with Gasteiger partial charge in [0.1, 0.15) is 5.82 Å². The first-order valence-electron chi connectivity index (χ1n) is 3.73. The molecule has 72 valence electrons. The molecule has 0 aliphatic rings. The minimum atomic E-state index is -0.520. The van der Waals surface area contributed by atoms with Gasteiger partial charge < -0.3 is 5.11 Å². The molecule has 0 aliphatic carbocycles. The highest BCUT2D eigenvalue weighted by Crippen LogP contribution is 2.22. The molecule has 0 aliphatic heterocycles. The van der Waals surface area contributed by atoms with E-state index in [1.165, 1.54) is 12.1 Å². The molecule has 2 aromatic rings. The second-order valence-corrected chi connectivity index (χ2v) is 3.04. The summed E-state index contributed by atoms with van der Waals surface area (Å²) in [5.74, 6) is -0.356. The van der Waals surface area contributed by atoms with Crippen LogP contribution in [0, 0.1) is 5.82 Å². The summed E-state index contributed by atoms with van der Waals surface area (Å²) in [5.41, 5.74) is 0.210. The van der Waals surface area contributed by atoms with Gasteiger partial charge in [0.2, 0.25) is 0 Å². The molecule has 0 bridgehead atoms. The van der Waals surface area contributed by atoms with Crippen LogP contribution in [-0.2, 0) is 0 Å². The van der Waals surface area contributed by atoms with Gasteiger partial charge in [-0.3, -0.25) is 5.10 Å². The molecule has 0 spiro atoms. The Morgan fingerprint density at radius 3 is 2.79 bits per heavy atom. The standard InChI is InChI=1S/C8H5ClFN3O/c9-4-1-2-5(6(10)3-4)7-11-8(14)13-12-7/h1-3H,(H2,11,12,13,14). The summed E-state index contributed by atoms with van der Waals surface area (Å²) < 4.78 is 13.3. The average Bonchev–Trinajstić information content (AvgIpc) is 2.51. The zero-order valence-corrected chi connectivity index (χ0v) is 7.59. The third-order valence-electron chi connectivity index (χ3n) is 1.66. The van der Waals surface area contributed by atoms with Crippen LogP contribution in [0.2, 0.25) is 5.02 Å². The lowest BCUT2D eigenvalue weighted by Gasteiger charge is -1.98. The van der Waals surface area contributed by atoms with E-state index in [0.29, 0.717) is 5.02 Å². The first kappa shape index (κ1) is 8.96. The summed E-state index contributed by atoms with van der Waals surface area (Å²) in [6.07, 6.45) is 0. The summed E-state index contributed by atoms with van der Waals surface area (Å²) in [5, 5.41) is 14.9. The van der Waals surface area contributed by atoms with Crippen molar-refractivity contribution in [1.82, 2.24) is 15.2 Å². The quantitative estimate of drug-likeness (QED) is 0.761. The highest BCUT2D eigenvalue weighted by atomic mass is 35.5. The Morgan fingerprint density at radius 1 is 1.43 bits per heavy atom. The number of aromatic hydroxyl groups is 1. The van der Waals surface area contributed by atoms with Crippen molar-refractivity contribution in [2.45, 2.75) is 0 Å². The summed E-state index contributed by atoms with van der Waals surface area (Å²) in [6.45, 7) is 0. The predicted molar refractivity (Wildman–Crippen MR) is 48.5 cm³/mol. The van der Waals surface area contributed by atoms with Crippen LogP contribution in [0.25, 0.3) is 11.4 Å². The van der Waals surface area contributed by atoms with Crippen molar-refractivity contribution in [3.05, 3.63) is 29.0 Å². The molecule has 14 heavy (non-hydrogen) atoms. The minimum Gasteiger partial charge on any atom is -0.478 e. The second kappa shape index (κ2) is 3.26. The molecule has 6 heteroatoms. The van der Waals surface area contributed by atoms with Gasteiger partial charge in [-0.2, -0.15) is 4.98 Å². The number of hydrogen-bond acceptors (Lipinski definition) is 3. The van der Waals surface area contributed by atoms with Crippen LogP contribution >= 0.6 is 11.6 Å². The minimum absolute atomic E-state index is 0.164. The van der Waals surface area contributed by atoms with Crippen LogP contribution in [0.3, 0.4) is 0 Å². The molecule has 0 radical (unpaired) electrons. The molecule has 0 saturated heterocycles. The molecule has 0 unspecified atom stereocenters. The van der Waals surface area contributed by atoms with Crippen LogP contribution in [-0.4, -0.2) is 20.3 Å². The topological polar surface area (TPSA) is 61.8 Å². The Morgan fingerprint density at radius 2 is 2.21 bits per heavy atom. The van der Waals surface area contributed by atoms with Crippen molar-refractivity contribution in [2.24, 2.45) is 0 Å². The average molecular weight is 214 g/mol. The fourth-order valence-corrected chi connectivity index (χ4v) is 1.21. The van der Waals surface area contributed by atoms with Gasteiger partial charge in [0, 0.05) is 5.02 Å². The van der Waals surface area contributed by atoms with Crippen LogP contribution in [0.5, 0.6) is 6.01 Å². The Balaban J connectivity index is 2.52. The Labute approximate surface area is 83.4 Å². The first-order chi connectivity index (χ1) is 6.66. The van der Waals surface area contributed by atoms with E-state index >= 15 is 0 Å². The van der Waals surface area contributed by atoms with Crippen molar-refractivity contribution in [1.29, 1.82) is 0 Å². The number of rotatable bonds is 1. The van der Waals surface area contributed by atoms with Crippen LogP contribution in [0.4, 0.5) is 4.39 Å². The number of H-pyrrole nitrogens is 1. The van der Waals surface area contributed by atoms with E-state index in [-0.39, 0.29) is 11.4 Å². The van der Waals surface area contributed by atoms with Gasteiger partial charge in [0.25, 0.3) is 0 Å². The Bertz CT molecular complexity index is 471. The van der Waals surface area contributed by atoms with E-state index in [1.54, 1.807) is 0 Å². The normalized spacial score (nSPS) is 10.4. The van der Waals surface area contributed by atoms with Crippen molar-refractivity contribution < 1.29 is 9.50 Å². The number of benzene rings is 1. The van der Waals surface area contributed by atoms with Gasteiger partial charge in [-0.25, -0.2) is 4.39 Å². The van der Waals surface area contributed by atoms with Crippen LogP contribution < -0.4 is 0 Å². The number of hydrogen-bond donors (Lipinski definition) is 2. The van der Waals surface area contributed by atoms with Gasteiger partial charge in [-0.15, -0.1) is 5.10 Å². The molecule has 1 aromatic heterocycles. The zero-order valence-electron chi connectivity index (χ0n) is 6.83. The fourth-order valence-electron chi connectivity index (χ4n) is 1.05. The molecule has 4 nitrogen and oxygen atoms in total. The summed E-state index contributed by atoms with van der Waals surface area (Å²) in [4.78, 5) is 3.58. The van der Waals surface area contributed by atoms with Crippen molar-refractivity contribution in [2.75, 3.05) is 0 Å². The largest absolute Gasteiger partial charge is 0.478 e. The molecule has 1 heterocycles. The summed E-state index contributed by atoms with van der Waals surface area (Å²) in [6, 6.07) is 3.72. The van der Waals surface area contributed by atoms with Gasteiger partial charge >= 0.3 is 6.01 Å². The maximum Gasteiger partial charge on any atom is 0.333 e. The van der Waals surface area contributed by atoms with Gasteiger partial charge in [0.15, 0.2) is 5.82 Å². The number of aromatic nitrogens is 3. The Hall–Kier alpha value is -1.62. The van der Waals surface area contributed by atoms with Gasteiger partial charge in [-0.1, -0.05) is 11.6 Å². The summed E-state index contributed by atoms with van der Waals surface area (Å²) >= 11 is 5.57. The van der Waals surface area contributed by atoms with E-state index in [0.717, 1.165) is 6.07 Å². The molecule has 0 fully saturated rings. The van der Waals surface area contributed by atoms with E-state index in [1.807, 2.05) is 0 Å². The van der Waals surface area contributed by atoms with Crippen LogP contribution in [0.1, 0.15) is 0 Å². The lowest BCUT2D eigenvalue weighted by molar-refractivity contribution is 0.433. The fraction of sp³-hybridized carbons (Fsp3) is 0. The predicted octanol–water partition coefficient (Wildman–Crippen LogP) is 1.97. The molecule has 1 aromatic carbocycles. The molecule has 2 N–H and O–H groups in total. The Kier molecular flexibility index (Phi) is 2.09. The van der Waals surface area contributed by atoms with Crippen LogP contribution in [0.15, 0.2) is 18.2 Å². The van der Waals surface area contributed by atoms with E-state index in [2.05, 4.69) is 15.2 Å². The first-order valence-corrected chi connectivity index (χ1v) is 4.11. The van der Waals surface area contributed by atoms with Gasteiger partial charge in [-0.05, 0) is 18.2 Å². The van der Waals surface area contributed by atoms with E-state index in [4.69, 9.17) is 16.7 Å². The van der Waals surface area contributed by atoms with Crippen molar-refractivity contribution in [3.63, 3.8) is 0 Å². The molecular formula is C8H5ClFN3O. The third kappa shape index (κ3) is 1.54. The van der Waals surface area contributed by atoms with Crippen molar-refractivity contribution in [3.8, 4) is 17.4 Å². The number of nitrogens with one attached hydrogen (secondary N) is 1. The molecule has 2 rings (SSSR count). The van der Waals surface area contributed by atoms with E-state index < -0.39 is 11.8 Å². The maximum absolute atomic E-state index is 13.3. The lowest BCUT2D eigenvalue weighted by atomic mass is 10.2. The SMILES string of the molecule is Oc1n[nH]c(-c2ccc(Cl)cc2F)n1. The number of halogens is 2. The third-order valence-corrected chi connectivity index (χ3v) is 1.89. The zero-order chi connectivity index (χ0) is 10.1. The highest BCUT2D eigenvalue weighted by Gasteiger charge is 2.09. The number of nitrogens with zero attached hydrogens (tertiary/aromatic N) is 2. The van der Waals surface area contributed by atoms with Gasteiger partial charge in [0.05, 0.1) is 5.56 Å². The highest BCUT2D eigenvalue weighted by molar-refractivity contribution is 6.30. The molecule has 0 saturated carbocycles. The monoisotopic (exact) mass is 213 g/mol. The smallest absolute Gasteiger partial charge is 0.333 e. The molecule has 0 atom stereocenters. The van der Waals surface area contributed by atoms with Crippen molar-refractivity contribution >= 4 is 11.6 Å². The lowest BCUT2D eigenvalue weighted by Crippen LogP contribution is -1.86. The van der Waals surface area contributed by atoms with E-state index in [9.17, 15) is 4.39 Å².